The van der Waals surface area contributed by atoms with Gasteiger partial charge in [-0.3, -0.25) is 9.36 Å². The molecule has 1 aromatic heterocycles. The second-order valence-corrected chi connectivity index (χ2v) is 9.95. The molecular weight excluding hydrogens is 486 g/mol. The van der Waals surface area contributed by atoms with Gasteiger partial charge in [0.25, 0.3) is 5.56 Å². The SMILES string of the molecule is Cc1ccc(-n2c(C(C)N(CCN(C)C)C(=O)Nc3cccc(Cl)c3)nc3ccccc3c2=O)cc1C. The first kappa shape index (κ1) is 26.4. The highest BCUT2D eigenvalue weighted by atomic mass is 35.5. The molecule has 1 unspecified atom stereocenters. The number of aryl methyl sites for hydroxylation is 2. The van der Waals surface area contributed by atoms with Crippen LogP contribution in [0.5, 0.6) is 0 Å². The zero-order valence-corrected chi connectivity index (χ0v) is 22.6. The Morgan fingerprint density at radius 1 is 1.00 bits per heavy atom. The van der Waals surface area contributed by atoms with Crippen LogP contribution in [0.2, 0.25) is 5.02 Å². The van der Waals surface area contributed by atoms with Crippen molar-refractivity contribution in [2.45, 2.75) is 26.8 Å². The van der Waals surface area contributed by atoms with E-state index >= 15 is 0 Å². The van der Waals surface area contributed by atoms with Crippen molar-refractivity contribution in [3.63, 3.8) is 0 Å². The summed E-state index contributed by atoms with van der Waals surface area (Å²) in [6, 6.07) is 19.4. The zero-order chi connectivity index (χ0) is 26.7. The Balaban J connectivity index is 1.85. The lowest BCUT2D eigenvalue weighted by Crippen LogP contribution is -2.43. The van der Waals surface area contributed by atoms with Crippen molar-refractivity contribution in [3.05, 3.63) is 99.1 Å². The van der Waals surface area contributed by atoms with Crippen LogP contribution in [0.4, 0.5) is 10.5 Å². The molecule has 4 rings (SSSR count). The molecule has 4 aromatic rings. The number of amides is 2. The van der Waals surface area contributed by atoms with E-state index in [0.717, 1.165) is 16.8 Å². The van der Waals surface area contributed by atoms with Crippen LogP contribution in [-0.4, -0.2) is 52.6 Å². The Morgan fingerprint density at radius 3 is 2.46 bits per heavy atom. The van der Waals surface area contributed by atoms with Crippen LogP contribution in [0.3, 0.4) is 0 Å². The van der Waals surface area contributed by atoms with E-state index in [1.54, 1.807) is 39.8 Å². The van der Waals surface area contributed by atoms with Crippen molar-refractivity contribution in [2.24, 2.45) is 0 Å². The van der Waals surface area contributed by atoms with E-state index in [4.69, 9.17) is 16.6 Å². The molecule has 1 N–H and O–H groups in total. The van der Waals surface area contributed by atoms with E-state index in [9.17, 15) is 9.59 Å². The molecule has 0 aliphatic carbocycles. The molecule has 3 aromatic carbocycles. The molecule has 1 heterocycles. The standard InChI is InChI=1S/C29H32ClN5O2/c1-19-13-14-24(17-20(19)2)35-27(32-26-12-7-6-11-25(26)28(35)36)21(3)34(16-15-33(4)5)29(37)31-23-10-8-9-22(30)18-23/h6-14,17-18,21H,15-16H2,1-5H3,(H,31,37). The van der Waals surface area contributed by atoms with Crippen molar-refractivity contribution < 1.29 is 4.79 Å². The summed E-state index contributed by atoms with van der Waals surface area (Å²) in [6.07, 6.45) is 0. The summed E-state index contributed by atoms with van der Waals surface area (Å²) in [5.41, 5.74) is 3.94. The number of halogens is 1. The molecular formula is C29H32ClN5O2. The molecule has 0 aliphatic rings. The van der Waals surface area contributed by atoms with Gasteiger partial charge in [0.05, 0.1) is 22.6 Å². The Labute approximate surface area is 222 Å². The van der Waals surface area contributed by atoms with Crippen LogP contribution >= 0.6 is 11.6 Å². The number of nitrogens with one attached hydrogen (secondary N) is 1. The lowest BCUT2D eigenvalue weighted by atomic mass is 10.1. The summed E-state index contributed by atoms with van der Waals surface area (Å²) < 4.78 is 1.63. The molecule has 0 radical (unpaired) electrons. The molecule has 7 nitrogen and oxygen atoms in total. The van der Waals surface area contributed by atoms with Gasteiger partial charge in [0.15, 0.2) is 0 Å². The van der Waals surface area contributed by atoms with Crippen molar-refractivity contribution in [1.29, 1.82) is 0 Å². The Kier molecular flexibility index (Phi) is 7.95. The maximum absolute atomic E-state index is 13.8. The predicted molar refractivity (Wildman–Crippen MR) is 151 cm³/mol. The minimum Gasteiger partial charge on any atom is -0.313 e. The van der Waals surface area contributed by atoms with Gasteiger partial charge in [-0.25, -0.2) is 9.78 Å². The minimum absolute atomic E-state index is 0.168. The molecule has 0 saturated heterocycles. The second-order valence-electron chi connectivity index (χ2n) is 9.51. The van der Waals surface area contributed by atoms with E-state index in [2.05, 4.69) is 5.32 Å². The van der Waals surface area contributed by atoms with Gasteiger partial charge in [0, 0.05) is 23.8 Å². The number of benzene rings is 3. The third kappa shape index (κ3) is 5.84. The fourth-order valence-corrected chi connectivity index (χ4v) is 4.41. The fourth-order valence-electron chi connectivity index (χ4n) is 4.22. The van der Waals surface area contributed by atoms with Crippen molar-refractivity contribution in [2.75, 3.05) is 32.5 Å². The molecule has 1 atom stereocenters. The van der Waals surface area contributed by atoms with Crippen molar-refractivity contribution in [1.82, 2.24) is 19.4 Å². The predicted octanol–water partition coefficient (Wildman–Crippen LogP) is 5.81. The molecule has 0 bridgehead atoms. The van der Waals surface area contributed by atoms with Crippen molar-refractivity contribution >= 4 is 34.2 Å². The maximum Gasteiger partial charge on any atom is 0.322 e. The van der Waals surface area contributed by atoms with Gasteiger partial charge in [0.1, 0.15) is 5.82 Å². The molecule has 192 valence electrons. The first-order valence-corrected chi connectivity index (χ1v) is 12.6. The zero-order valence-electron chi connectivity index (χ0n) is 21.8. The number of urea groups is 1. The number of anilines is 1. The lowest BCUT2D eigenvalue weighted by Gasteiger charge is -2.31. The van der Waals surface area contributed by atoms with E-state index in [1.807, 2.05) is 76.2 Å². The lowest BCUT2D eigenvalue weighted by molar-refractivity contribution is 0.181. The average Bonchev–Trinajstić information content (AvgIpc) is 2.85. The van der Waals surface area contributed by atoms with E-state index in [1.165, 1.54) is 0 Å². The van der Waals surface area contributed by atoms with Gasteiger partial charge < -0.3 is 15.1 Å². The number of carbonyl (C=O) groups is 1. The molecule has 37 heavy (non-hydrogen) atoms. The van der Waals surface area contributed by atoms with Gasteiger partial charge in [-0.15, -0.1) is 0 Å². The number of rotatable bonds is 7. The van der Waals surface area contributed by atoms with Gasteiger partial charge in [-0.2, -0.15) is 0 Å². The largest absolute Gasteiger partial charge is 0.322 e. The fraction of sp³-hybridized carbons (Fsp3) is 0.276. The average molecular weight is 518 g/mol. The molecule has 2 amide bonds. The van der Waals surface area contributed by atoms with E-state index < -0.39 is 6.04 Å². The summed E-state index contributed by atoms with van der Waals surface area (Å²) in [5, 5.41) is 4.01. The number of fused-ring (bicyclic) bond motifs is 1. The first-order valence-electron chi connectivity index (χ1n) is 12.2. The molecule has 8 heteroatoms. The first-order chi connectivity index (χ1) is 17.7. The van der Waals surface area contributed by atoms with Gasteiger partial charge in [-0.05, 0) is 88.5 Å². The topological polar surface area (TPSA) is 70.5 Å². The quantitative estimate of drug-likeness (QED) is 0.335. The molecule has 0 fully saturated rings. The van der Waals surface area contributed by atoms with E-state index in [0.29, 0.717) is 40.5 Å². The summed E-state index contributed by atoms with van der Waals surface area (Å²) >= 11 is 6.13. The third-order valence-electron chi connectivity index (χ3n) is 6.52. The summed E-state index contributed by atoms with van der Waals surface area (Å²) in [6.45, 7) is 7.02. The number of hydrogen-bond donors (Lipinski definition) is 1. The number of likely N-dealkylation sites (N-methyl/N-ethyl adjacent to an activating group) is 1. The number of hydrogen-bond acceptors (Lipinski definition) is 4. The Bertz CT molecular complexity index is 1500. The monoisotopic (exact) mass is 517 g/mol. The second kappa shape index (κ2) is 11.2. The third-order valence-corrected chi connectivity index (χ3v) is 6.75. The highest BCUT2D eigenvalue weighted by Crippen LogP contribution is 2.25. The number of para-hydroxylation sites is 1. The van der Waals surface area contributed by atoms with Crippen LogP contribution in [0.25, 0.3) is 16.6 Å². The maximum atomic E-state index is 13.8. The summed E-state index contributed by atoms with van der Waals surface area (Å²) in [7, 11) is 3.91. The van der Waals surface area contributed by atoms with Gasteiger partial charge in [-0.1, -0.05) is 35.9 Å². The normalized spacial score (nSPS) is 12.1. The van der Waals surface area contributed by atoms with Crippen LogP contribution < -0.4 is 10.9 Å². The van der Waals surface area contributed by atoms with Crippen LogP contribution in [0.15, 0.2) is 71.5 Å². The molecule has 0 spiro atoms. The number of aromatic nitrogens is 2. The Morgan fingerprint density at radius 2 is 1.76 bits per heavy atom. The Hall–Kier alpha value is -3.68. The van der Waals surface area contributed by atoms with E-state index in [-0.39, 0.29) is 11.6 Å². The van der Waals surface area contributed by atoms with Crippen LogP contribution in [-0.2, 0) is 0 Å². The molecule has 0 aliphatic heterocycles. The molecule has 0 saturated carbocycles. The number of carbonyl (C=O) groups excluding carboxylic acids is 1. The number of nitrogens with zero attached hydrogens (tertiary/aromatic N) is 4. The minimum atomic E-state index is -0.516. The van der Waals surface area contributed by atoms with Gasteiger partial charge in [0.2, 0.25) is 0 Å². The van der Waals surface area contributed by atoms with Crippen molar-refractivity contribution in [3.8, 4) is 5.69 Å². The summed E-state index contributed by atoms with van der Waals surface area (Å²) in [4.78, 5) is 36.0. The highest BCUT2D eigenvalue weighted by Gasteiger charge is 2.27. The highest BCUT2D eigenvalue weighted by molar-refractivity contribution is 6.30. The van der Waals surface area contributed by atoms with Crippen LogP contribution in [0, 0.1) is 13.8 Å². The van der Waals surface area contributed by atoms with Gasteiger partial charge >= 0.3 is 6.03 Å². The summed E-state index contributed by atoms with van der Waals surface area (Å²) in [5.74, 6) is 0.493. The smallest absolute Gasteiger partial charge is 0.313 e. The van der Waals surface area contributed by atoms with Crippen LogP contribution in [0.1, 0.15) is 29.9 Å².